The topological polar surface area (TPSA) is 26.3 Å². The Balaban J connectivity index is 2.27. The maximum absolute atomic E-state index is 12.2. The van der Waals surface area contributed by atoms with Crippen molar-refractivity contribution in [1.82, 2.24) is 0 Å². The van der Waals surface area contributed by atoms with Crippen LogP contribution in [-0.2, 0) is 9.09 Å². The van der Waals surface area contributed by atoms with Crippen molar-refractivity contribution >= 4 is 7.37 Å². The van der Waals surface area contributed by atoms with Crippen molar-refractivity contribution < 1.29 is 9.09 Å². The molecule has 0 N–H and O–H groups in total. The van der Waals surface area contributed by atoms with Gasteiger partial charge in [0.05, 0.1) is 6.61 Å². The Morgan fingerprint density at radius 3 is 2.29 bits per heavy atom. The summed E-state index contributed by atoms with van der Waals surface area (Å²) in [6, 6.07) is 0. The van der Waals surface area contributed by atoms with Crippen LogP contribution in [0.15, 0.2) is 0 Å². The molecule has 0 bridgehead atoms. The van der Waals surface area contributed by atoms with Crippen LogP contribution in [0.2, 0.25) is 0 Å². The molecule has 1 aliphatic rings. The fourth-order valence-corrected chi connectivity index (χ4v) is 5.30. The maximum atomic E-state index is 12.2. The summed E-state index contributed by atoms with van der Waals surface area (Å²) in [4.78, 5) is 0. The van der Waals surface area contributed by atoms with Crippen molar-refractivity contribution in [3.63, 3.8) is 0 Å². The minimum Gasteiger partial charge on any atom is -0.328 e. The van der Waals surface area contributed by atoms with Crippen LogP contribution in [-0.4, -0.2) is 18.9 Å². The fraction of sp³-hybridized carbons (Fsp3) is 1.00. The molecule has 1 rings (SSSR count). The average molecular weight is 218 g/mol. The van der Waals surface area contributed by atoms with Crippen molar-refractivity contribution in [2.24, 2.45) is 11.8 Å². The lowest BCUT2D eigenvalue weighted by Crippen LogP contribution is -2.01. The summed E-state index contributed by atoms with van der Waals surface area (Å²) in [6.45, 7) is 7.23. The second-order valence-electron chi connectivity index (χ2n) is 4.67. The van der Waals surface area contributed by atoms with Crippen LogP contribution in [0.5, 0.6) is 0 Å². The second-order valence-corrected chi connectivity index (χ2v) is 7.29. The number of hydrogen-bond acceptors (Lipinski definition) is 2. The predicted octanol–water partition coefficient (Wildman–Crippen LogP) is 3.76. The largest absolute Gasteiger partial charge is 0.328 e. The van der Waals surface area contributed by atoms with E-state index in [-0.39, 0.29) is 0 Å². The molecule has 0 amide bonds. The maximum Gasteiger partial charge on any atom is 0.203 e. The Labute approximate surface area is 87.9 Å². The normalized spacial score (nSPS) is 37.6. The zero-order valence-corrected chi connectivity index (χ0v) is 10.6. The Hall–Kier alpha value is 0.190. The van der Waals surface area contributed by atoms with Gasteiger partial charge in [0.25, 0.3) is 0 Å². The van der Waals surface area contributed by atoms with Gasteiger partial charge in [-0.1, -0.05) is 33.6 Å². The van der Waals surface area contributed by atoms with E-state index in [1.54, 1.807) is 0 Å². The first-order valence-corrected chi connectivity index (χ1v) is 7.79. The number of rotatable bonds is 5. The van der Waals surface area contributed by atoms with Crippen molar-refractivity contribution in [1.29, 1.82) is 0 Å². The van der Waals surface area contributed by atoms with Gasteiger partial charge in [0, 0.05) is 12.3 Å². The molecule has 2 unspecified atom stereocenters. The van der Waals surface area contributed by atoms with Crippen LogP contribution in [0.25, 0.3) is 0 Å². The standard InChI is InChI=1S/C11H23O2P/c1-4-5-6-7-13-14(12)8-10(2)11(3)9-14/h10-11H,4-9H2,1-3H3. The molecular weight excluding hydrogens is 195 g/mol. The van der Waals surface area contributed by atoms with Gasteiger partial charge in [-0.05, 0) is 18.3 Å². The van der Waals surface area contributed by atoms with Crippen molar-refractivity contribution in [2.75, 3.05) is 18.9 Å². The molecule has 0 aliphatic carbocycles. The van der Waals surface area contributed by atoms with E-state index in [0.717, 1.165) is 18.7 Å². The number of hydrogen-bond donors (Lipinski definition) is 0. The monoisotopic (exact) mass is 218 g/mol. The zero-order valence-electron chi connectivity index (χ0n) is 9.66. The molecule has 1 fully saturated rings. The summed E-state index contributed by atoms with van der Waals surface area (Å²) in [5.41, 5.74) is 0. The summed E-state index contributed by atoms with van der Waals surface area (Å²) in [5.74, 6) is 1.15. The van der Waals surface area contributed by atoms with E-state index in [1.807, 2.05) is 0 Å². The van der Waals surface area contributed by atoms with E-state index < -0.39 is 7.37 Å². The van der Waals surface area contributed by atoms with E-state index in [4.69, 9.17) is 4.52 Å². The van der Waals surface area contributed by atoms with Crippen molar-refractivity contribution in [2.45, 2.75) is 40.0 Å². The lowest BCUT2D eigenvalue weighted by Gasteiger charge is -2.12. The van der Waals surface area contributed by atoms with Crippen LogP contribution < -0.4 is 0 Å². The van der Waals surface area contributed by atoms with Crippen LogP contribution in [0.1, 0.15) is 40.0 Å². The molecule has 1 heterocycles. The zero-order chi connectivity index (χ0) is 10.6. The molecule has 0 spiro atoms. The minimum absolute atomic E-state index is 0.576. The van der Waals surface area contributed by atoms with E-state index in [9.17, 15) is 4.57 Å². The molecule has 3 heteroatoms. The number of unbranched alkanes of at least 4 members (excludes halogenated alkanes) is 2. The molecule has 0 aromatic rings. The molecule has 1 aliphatic heterocycles. The van der Waals surface area contributed by atoms with Gasteiger partial charge in [0.1, 0.15) is 0 Å². The van der Waals surface area contributed by atoms with E-state index in [1.165, 1.54) is 12.8 Å². The van der Waals surface area contributed by atoms with Crippen molar-refractivity contribution in [3.05, 3.63) is 0 Å². The van der Waals surface area contributed by atoms with Gasteiger partial charge in [0.2, 0.25) is 7.37 Å². The summed E-state index contributed by atoms with van der Waals surface area (Å²) in [7, 11) is -2.22. The van der Waals surface area contributed by atoms with E-state index in [2.05, 4.69) is 20.8 Å². The van der Waals surface area contributed by atoms with Crippen LogP contribution in [0.4, 0.5) is 0 Å². The van der Waals surface area contributed by atoms with Gasteiger partial charge in [-0.2, -0.15) is 0 Å². The molecule has 2 nitrogen and oxygen atoms in total. The molecule has 14 heavy (non-hydrogen) atoms. The molecular formula is C11H23O2P. The first-order valence-electron chi connectivity index (χ1n) is 5.80. The second kappa shape index (κ2) is 5.32. The van der Waals surface area contributed by atoms with Gasteiger partial charge in [-0.25, -0.2) is 0 Å². The summed E-state index contributed by atoms with van der Waals surface area (Å²) >= 11 is 0. The minimum atomic E-state index is -2.22. The summed E-state index contributed by atoms with van der Waals surface area (Å²) in [5, 5.41) is 0. The van der Waals surface area contributed by atoms with E-state index in [0.29, 0.717) is 18.4 Å². The summed E-state index contributed by atoms with van der Waals surface area (Å²) < 4.78 is 17.8. The fourth-order valence-electron chi connectivity index (χ4n) is 2.00. The van der Waals surface area contributed by atoms with Crippen molar-refractivity contribution in [3.8, 4) is 0 Å². The predicted molar refractivity (Wildman–Crippen MR) is 61.1 cm³/mol. The highest BCUT2D eigenvalue weighted by atomic mass is 31.2. The molecule has 0 radical (unpaired) electrons. The van der Waals surface area contributed by atoms with Gasteiger partial charge in [-0.15, -0.1) is 0 Å². The quantitative estimate of drug-likeness (QED) is 0.519. The molecule has 84 valence electrons. The Morgan fingerprint density at radius 1 is 1.21 bits per heavy atom. The van der Waals surface area contributed by atoms with Gasteiger partial charge in [0.15, 0.2) is 0 Å². The Kier molecular flexibility index (Phi) is 4.66. The Bertz CT molecular complexity index is 201. The highest BCUT2D eigenvalue weighted by molar-refractivity contribution is 7.59. The first-order chi connectivity index (χ1) is 6.57. The third-order valence-corrected chi connectivity index (χ3v) is 6.10. The lowest BCUT2D eigenvalue weighted by molar-refractivity contribution is 0.305. The lowest BCUT2D eigenvalue weighted by atomic mass is 10.0. The molecule has 0 aromatic heterocycles. The highest BCUT2D eigenvalue weighted by Crippen LogP contribution is 2.57. The summed E-state index contributed by atoms with van der Waals surface area (Å²) in [6.07, 6.45) is 5.05. The van der Waals surface area contributed by atoms with Crippen LogP contribution in [0.3, 0.4) is 0 Å². The SMILES string of the molecule is CCCCCOP1(=O)CC(C)C(C)C1. The van der Waals surface area contributed by atoms with E-state index >= 15 is 0 Å². The highest BCUT2D eigenvalue weighted by Gasteiger charge is 2.37. The van der Waals surface area contributed by atoms with Gasteiger partial charge < -0.3 is 4.52 Å². The first kappa shape index (κ1) is 12.3. The van der Waals surface area contributed by atoms with Crippen LogP contribution in [0, 0.1) is 11.8 Å². The van der Waals surface area contributed by atoms with Crippen LogP contribution >= 0.6 is 7.37 Å². The third-order valence-electron chi connectivity index (χ3n) is 3.18. The molecule has 1 saturated heterocycles. The Morgan fingerprint density at radius 2 is 1.79 bits per heavy atom. The van der Waals surface area contributed by atoms with Gasteiger partial charge in [-0.3, -0.25) is 4.57 Å². The third kappa shape index (κ3) is 3.40. The molecule has 0 saturated carbocycles. The average Bonchev–Trinajstić information content (AvgIpc) is 2.36. The molecule has 0 aromatic carbocycles. The van der Waals surface area contributed by atoms with Gasteiger partial charge >= 0.3 is 0 Å². The molecule has 2 atom stereocenters. The smallest absolute Gasteiger partial charge is 0.203 e.